The van der Waals surface area contributed by atoms with Crippen molar-refractivity contribution in [2.24, 2.45) is 0 Å². The van der Waals surface area contributed by atoms with Crippen molar-refractivity contribution in [2.45, 2.75) is 0 Å². The van der Waals surface area contributed by atoms with Gasteiger partial charge in [-0.15, -0.1) is 0 Å². The molecule has 0 fully saturated rings. The average molecular weight is 267 g/mol. The van der Waals surface area contributed by atoms with Crippen LogP contribution in [-0.2, 0) is 0 Å². The topological polar surface area (TPSA) is 26.3 Å². The number of halogens is 3. The quantitative estimate of drug-likeness (QED) is 0.608. The van der Waals surface area contributed by atoms with Gasteiger partial charge in [0.15, 0.2) is 6.29 Å². The maximum atomic E-state index is 13.0. The van der Waals surface area contributed by atoms with Gasteiger partial charge < -0.3 is 4.74 Å². The van der Waals surface area contributed by atoms with E-state index in [1.807, 2.05) is 0 Å². The normalized spacial score (nSPS) is 9.85. The molecule has 0 atom stereocenters. The fraction of sp³-hybridized carbons (Fsp3) is 0.125. The lowest BCUT2D eigenvalue weighted by atomic mass is 10.2. The van der Waals surface area contributed by atoms with E-state index in [0.29, 0.717) is 10.8 Å². The molecular formula is C8H5BrClFO2. The molecule has 1 aromatic carbocycles. The highest BCUT2D eigenvalue weighted by Gasteiger charge is 2.15. The van der Waals surface area contributed by atoms with Gasteiger partial charge in [0.05, 0.1) is 22.2 Å². The number of carbonyl (C=O) groups excluding carboxylic acids is 1. The van der Waals surface area contributed by atoms with E-state index in [-0.39, 0.29) is 16.3 Å². The van der Waals surface area contributed by atoms with Crippen LogP contribution in [0.3, 0.4) is 0 Å². The first-order valence-electron chi connectivity index (χ1n) is 3.28. The zero-order valence-corrected chi connectivity index (χ0v) is 8.95. The first kappa shape index (κ1) is 10.5. The van der Waals surface area contributed by atoms with Gasteiger partial charge in [-0.05, 0) is 22.0 Å². The molecular weight excluding hydrogens is 262 g/mol. The number of carbonyl (C=O) groups is 1. The van der Waals surface area contributed by atoms with Crippen molar-refractivity contribution in [2.75, 3.05) is 7.11 Å². The lowest BCUT2D eigenvalue weighted by molar-refractivity contribution is 0.112. The fourth-order valence-electron chi connectivity index (χ4n) is 0.910. The monoisotopic (exact) mass is 266 g/mol. The van der Waals surface area contributed by atoms with Crippen molar-refractivity contribution < 1.29 is 13.9 Å². The molecule has 0 aliphatic heterocycles. The first-order chi connectivity index (χ1) is 6.11. The third-order valence-corrected chi connectivity index (χ3v) is 2.46. The predicted molar refractivity (Wildman–Crippen MR) is 51.0 cm³/mol. The molecule has 5 heteroatoms. The zero-order valence-electron chi connectivity index (χ0n) is 6.61. The second kappa shape index (κ2) is 4.07. The number of hydrogen-bond donors (Lipinski definition) is 0. The standard InChI is InChI=1S/C8H5BrClFO2/c1-13-8-4(3-12)7(10)6(11)2-5(8)9/h2-3H,1H3. The molecule has 13 heavy (non-hydrogen) atoms. The Bertz CT molecular complexity index is 354. The molecule has 0 saturated heterocycles. The van der Waals surface area contributed by atoms with Gasteiger partial charge in [0.25, 0.3) is 0 Å². The summed E-state index contributed by atoms with van der Waals surface area (Å²) in [6.45, 7) is 0. The van der Waals surface area contributed by atoms with Crippen molar-refractivity contribution in [1.82, 2.24) is 0 Å². The molecule has 0 aliphatic rings. The van der Waals surface area contributed by atoms with Gasteiger partial charge in [-0.25, -0.2) is 4.39 Å². The average Bonchev–Trinajstić information content (AvgIpc) is 2.10. The third kappa shape index (κ3) is 1.84. The maximum absolute atomic E-state index is 13.0. The number of methoxy groups -OCH3 is 1. The summed E-state index contributed by atoms with van der Waals surface area (Å²) in [5.74, 6) is -0.419. The summed E-state index contributed by atoms with van der Waals surface area (Å²) in [6, 6.07) is 1.15. The molecule has 0 bridgehead atoms. The molecule has 2 nitrogen and oxygen atoms in total. The van der Waals surface area contributed by atoms with Crippen molar-refractivity contribution in [3.8, 4) is 5.75 Å². The van der Waals surface area contributed by atoms with E-state index in [2.05, 4.69) is 15.9 Å². The molecule has 1 aromatic rings. The lowest BCUT2D eigenvalue weighted by Crippen LogP contribution is -1.95. The van der Waals surface area contributed by atoms with Crippen molar-refractivity contribution in [3.63, 3.8) is 0 Å². The van der Waals surface area contributed by atoms with Gasteiger partial charge in [-0.2, -0.15) is 0 Å². The van der Waals surface area contributed by atoms with E-state index in [0.717, 1.165) is 6.07 Å². The minimum Gasteiger partial charge on any atom is -0.495 e. The van der Waals surface area contributed by atoms with Crippen LogP contribution in [0.1, 0.15) is 10.4 Å². The Labute approximate surface area is 87.8 Å². The molecule has 0 saturated carbocycles. The summed E-state index contributed by atoms with van der Waals surface area (Å²) in [5.41, 5.74) is 0.0102. The second-order valence-corrected chi connectivity index (χ2v) is 3.45. The van der Waals surface area contributed by atoms with E-state index >= 15 is 0 Å². The van der Waals surface area contributed by atoms with Crippen molar-refractivity contribution in [3.05, 3.63) is 26.9 Å². The Morgan fingerprint density at radius 1 is 1.69 bits per heavy atom. The lowest BCUT2D eigenvalue weighted by Gasteiger charge is -2.07. The fourth-order valence-corrected chi connectivity index (χ4v) is 1.67. The largest absolute Gasteiger partial charge is 0.495 e. The predicted octanol–water partition coefficient (Wildman–Crippen LogP) is 3.06. The summed E-state index contributed by atoms with van der Waals surface area (Å²) < 4.78 is 18.2. The minimum atomic E-state index is -0.656. The molecule has 1 rings (SSSR count). The van der Waals surface area contributed by atoms with Crippen LogP contribution in [0.4, 0.5) is 4.39 Å². The van der Waals surface area contributed by atoms with E-state index in [1.165, 1.54) is 7.11 Å². The second-order valence-electron chi connectivity index (χ2n) is 2.22. The number of benzene rings is 1. The Kier molecular flexibility index (Phi) is 3.27. The van der Waals surface area contributed by atoms with Gasteiger partial charge >= 0.3 is 0 Å². The summed E-state index contributed by atoms with van der Waals surface area (Å²) >= 11 is 8.59. The minimum absolute atomic E-state index is 0.0102. The van der Waals surface area contributed by atoms with Crippen LogP contribution < -0.4 is 4.74 Å². The summed E-state index contributed by atoms with van der Waals surface area (Å²) in [4.78, 5) is 10.6. The molecule has 0 heterocycles. The van der Waals surface area contributed by atoms with Gasteiger partial charge in [0, 0.05) is 0 Å². The number of rotatable bonds is 2. The van der Waals surface area contributed by atoms with E-state index < -0.39 is 5.82 Å². The smallest absolute Gasteiger partial charge is 0.155 e. The Balaban J connectivity index is 3.50. The van der Waals surface area contributed by atoms with Crippen LogP contribution in [0.25, 0.3) is 0 Å². The van der Waals surface area contributed by atoms with E-state index in [9.17, 15) is 9.18 Å². The molecule has 0 amide bonds. The molecule has 0 radical (unpaired) electrons. The Morgan fingerprint density at radius 2 is 2.31 bits per heavy atom. The highest BCUT2D eigenvalue weighted by Crippen LogP contribution is 2.34. The molecule has 70 valence electrons. The van der Waals surface area contributed by atoms with Gasteiger partial charge in [0.2, 0.25) is 0 Å². The van der Waals surface area contributed by atoms with Gasteiger partial charge in [-0.1, -0.05) is 11.6 Å². The first-order valence-corrected chi connectivity index (χ1v) is 4.45. The van der Waals surface area contributed by atoms with E-state index in [4.69, 9.17) is 16.3 Å². The Hall–Kier alpha value is -0.610. The molecule has 0 N–H and O–H groups in total. The molecule has 0 aromatic heterocycles. The van der Waals surface area contributed by atoms with Crippen LogP contribution in [0.5, 0.6) is 5.75 Å². The number of hydrogen-bond acceptors (Lipinski definition) is 2. The maximum Gasteiger partial charge on any atom is 0.155 e. The molecule has 0 aliphatic carbocycles. The van der Waals surface area contributed by atoms with Crippen molar-refractivity contribution >= 4 is 33.8 Å². The summed E-state index contributed by atoms with van der Waals surface area (Å²) in [5, 5.41) is -0.227. The SMILES string of the molecule is COc1c(Br)cc(F)c(Cl)c1C=O. The Morgan fingerprint density at radius 3 is 2.77 bits per heavy atom. The number of aldehydes is 1. The van der Waals surface area contributed by atoms with Gasteiger partial charge in [-0.3, -0.25) is 4.79 Å². The van der Waals surface area contributed by atoms with E-state index in [1.54, 1.807) is 0 Å². The van der Waals surface area contributed by atoms with Crippen LogP contribution in [0.2, 0.25) is 5.02 Å². The zero-order chi connectivity index (χ0) is 10.0. The summed E-state index contributed by atoms with van der Waals surface area (Å²) in [7, 11) is 1.38. The summed E-state index contributed by atoms with van der Waals surface area (Å²) in [6.07, 6.45) is 0.453. The highest BCUT2D eigenvalue weighted by atomic mass is 79.9. The molecule has 0 spiro atoms. The van der Waals surface area contributed by atoms with Crippen LogP contribution >= 0.6 is 27.5 Å². The van der Waals surface area contributed by atoms with Crippen LogP contribution in [0, 0.1) is 5.82 Å². The number of ether oxygens (including phenoxy) is 1. The third-order valence-electron chi connectivity index (χ3n) is 1.48. The molecule has 0 unspecified atom stereocenters. The van der Waals surface area contributed by atoms with Crippen LogP contribution in [0.15, 0.2) is 10.5 Å². The highest BCUT2D eigenvalue weighted by molar-refractivity contribution is 9.10. The van der Waals surface area contributed by atoms with Crippen molar-refractivity contribution in [1.29, 1.82) is 0 Å². The van der Waals surface area contributed by atoms with Crippen LogP contribution in [-0.4, -0.2) is 13.4 Å². The van der Waals surface area contributed by atoms with Gasteiger partial charge in [0.1, 0.15) is 11.6 Å².